The van der Waals surface area contributed by atoms with Gasteiger partial charge in [-0.15, -0.1) is 0 Å². The van der Waals surface area contributed by atoms with Crippen molar-refractivity contribution >= 4 is 5.91 Å². The number of nitrogens with two attached hydrogens (primary N) is 1. The molecule has 1 amide bonds. The van der Waals surface area contributed by atoms with E-state index in [4.69, 9.17) is 10.5 Å². The summed E-state index contributed by atoms with van der Waals surface area (Å²) in [6, 6.07) is 0. The molecule has 0 spiro atoms. The predicted octanol–water partition coefficient (Wildman–Crippen LogP) is 2.46. The molecule has 0 bridgehead atoms. The second-order valence-electron chi connectivity index (χ2n) is 7.17. The maximum absolute atomic E-state index is 11.6. The first-order chi connectivity index (χ1) is 9.33. The number of hydrogen-bond donors (Lipinski definition) is 2. The molecule has 0 heterocycles. The molecule has 1 fully saturated rings. The summed E-state index contributed by atoms with van der Waals surface area (Å²) < 4.78 is 5.90. The van der Waals surface area contributed by atoms with Crippen molar-refractivity contribution in [3.63, 3.8) is 0 Å². The number of amides is 1. The molecule has 0 aliphatic heterocycles. The van der Waals surface area contributed by atoms with Crippen LogP contribution >= 0.6 is 0 Å². The fourth-order valence-corrected chi connectivity index (χ4v) is 2.95. The molecule has 1 saturated carbocycles. The van der Waals surface area contributed by atoms with Gasteiger partial charge in [-0.05, 0) is 43.4 Å². The molecule has 118 valence electrons. The average molecular weight is 284 g/mol. The van der Waals surface area contributed by atoms with Crippen LogP contribution < -0.4 is 11.1 Å². The van der Waals surface area contributed by atoms with Crippen molar-refractivity contribution in [1.29, 1.82) is 0 Å². The molecule has 0 radical (unpaired) electrons. The van der Waals surface area contributed by atoms with Crippen LogP contribution in [0, 0.1) is 11.3 Å². The van der Waals surface area contributed by atoms with Gasteiger partial charge in [0.05, 0.1) is 5.60 Å². The van der Waals surface area contributed by atoms with E-state index in [-0.39, 0.29) is 18.1 Å². The van der Waals surface area contributed by atoms with Crippen molar-refractivity contribution in [3.8, 4) is 0 Å². The van der Waals surface area contributed by atoms with Gasteiger partial charge in [0.25, 0.3) is 0 Å². The molecular formula is C16H32N2O2. The molecule has 20 heavy (non-hydrogen) atoms. The molecule has 0 aromatic heterocycles. The van der Waals surface area contributed by atoms with Gasteiger partial charge in [0.2, 0.25) is 5.91 Å². The van der Waals surface area contributed by atoms with Gasteiger partial charge in [0.15, 0.2) is 0 Å². The second kappa shape index (κ2) is 7.41. The molecule has 0 unspecified atom stereocenters. The van der Waals surface area contributed by atoms with Crippen LogP contribution in [0.4, 0.5) is 0 Å². The Hall–Kier alpha value is -0.610. The Labute approximate surface area is 123 Å². The van der Waals surface area contributed by atoms with E-state index in [1.54, 1.807) is 0 Å². The van der Waals surface area contributed by atoms with Crippen LogP contribution in [0.5, 0.6) is 0 Å². The standard InChI is InChI=1S/C16H32N2O2/c1-5-10-18-14(19)11-20-16(12-17)8-6-13(7-9-16)15(2,3)4/h13H,5-12,17H2,1-4H3,(H,18,19). The fourth-order valence-electron chi connectivity index (χ4n) is 2.95. The predicted molar refractivity (Wildman–Crippen MR) is 82.5 cm³/mol. The summed E-state index contributed by atoms with van der Waals surface area (Å²) in [5.74, 6) is 0.692. The Morgan fingerprint density at radius 2 is 1.95 bits per heavy atom. The third kappa shape index (κ3) is 5.06. The van der Waals surface area contributed by atoms with Crippen molar-refractivity contribution in [2.75, 3.05) is 19.7 Å². The van der Waals surface area contributed by atoms with Gasteiger partial charge in [-0.25, -0.2) is 0 Å². The van der Waals surface area contributed by atoms with Crippen LogP contribution in [-0.4, -0.2) is 31.2 Å². The van der Waals surface area contributed by atoms with Crippen molar-refractivity contribution < 1.29 is 9.53 Å². The van der Waals surface area contributed by atoms with Gasteiger partial charge >= 0.3 is 0 Å². The maximum Gasteiger partial charge on any atom is 0.246 e. The first-order valence-corrected chi connectivity index (χ1v) is 7.94. The molecule has 1 rings (SSSR count). The third-order valence-electron chi connectivity index (χ3n) is 4.58. The fraction of sp³-hybridized carbons (Fsp3) is 0.938. The van der Waals surface area contributed by atoms with E-state index in [1.807, 2.05) is 6.92 Å². The highest BCUT2D eigenvalue weighted by atomic mass is 16.5. The van der Waals surface area contributed by atoms with Gasteiger partial charge in [-0.2, -0.15) is 0 Å². The van der Waals surface area contributed by atoms with Gasteiger partial charge in [0, 0.05) is 13.1 Å². The molecule has 1 aliphatic carbocycles. The summed E-state index contributed by atoms with van der Waals surface area (Å²) >= 11 is 0. The summed E-state index contributed by atoms with van der Waals surface area (Å²) in [5.41, 5.74) is 5.98. The van der Waals surface area contributed by atoms with E-state index in [0.717, 1.165) is 38.0 Å². The Morgan fingerprint density at radius 3 is 2.40 bits per heavy atom. The Morgan fingerprint density at radius 1 is 1.35 bits per heavy atom. The number of carbonyl (C=O) groups excluding carboxylic acids is 1. The molecule has 3 N–H and O–H groups in total. The Kier molecular flexibility index (Phi) is 6.46. The van der Waals surface area contributed by atoms with Crippen LogP contribution in [0.2, 0.25) is 0 Å². The molecule has 4 heteroatoms. The van der Waals surface area contributed by atoms with Gasteiger partial charge in [-0.3, -0.25) is 4.79 Å². The minimum Gasteiger partial charge on any atom is -0.364 e. The Bertz CT molecular complexity index is 302. The molecule has 0 aromatic rings. The van der Waals surface area contributed by atoms with E-state index in [0.29, 0.717) is 18.5 Å². The third-order valence-corrected chi connectivity index (χ3v) is 4.58. The highest BCUT2D eigenvalue weighted by Crippen LogP contribution is 2.42. The molecule has 0 aromatic carbocycles. The highest BCUT2D eigenvalue weighted by Gasteiger charge is 2.38. The van der Waals surface area contributed by atoms with Gasteiger partial charge in [0.1, 0.15) is 6.61 Å². The number of carbonyl (C=O) groups is 1. The van der Waals surface area contributed by atoms with Crippen molar-refractivity contribution in [3.05, 3.63) is 0 Å². The van der Waals surface area contributed by atoms with Crippen LogP contribution in [0.15, 0.2) is 0 Å². The molecular weight excluding hydrogens is 252 g/mol. The van der Waals surface area contributed by atoms with E-state index in [2.05, 4.69) is 26.1 Å². The number of ether oxygens (including phenoxy) is 1. The zero-order chi connectivity index (χ0) is 15.2. The first-order valence-electron chi connectivity index (χ1n) is 7.94. The van der Waals surface area contributed by atoms with Crippen LogP contribution in [0.3, 0.4) is 0 Å². The van der Waals surface area contributed by atoms with Crippen molar-refractivity contribution in [2.24, 2.45) is 17.1 Å². The lowest BCUT2D eigenvalue weighted by atomic mass is 9.68. The largest absolute Gasteiger partial charge is 0.364 e. The number of nitrogens with one attached hydrogen (secondary N) is 1. The summed E-state index contributed by atoms with van der Waals surface area (Å²) in [5, 5.41) is 2.84. The SMILES string of the molecule is CCCNC(=O)COC1(CN)CCC(C(C)(C)C)CC1. The van der Waals surface area contributed by atoms with Crippen LogP contribution in [0.1, 0.15) is 59.8 Å². The van der Waals surface area contributed by atoms with Crippen LogP contribution in [-0.2, 0) is 9.53 Å². The topological polar surface area (TPSA) is 64.3 Å². The highest BCUT2D eigenvalue weighted by molar-refractivity contribution is 5.77. The average Bonchev–Trinajstić information content (AvgIpc) is 2.42. The van der Waals surface area contributed by atoms with Gasteiger partial charge < -0.3 is 15.8 Å². The maximum atomic E-state index is 11.6. The van der Waals surface area contributed by atoms with Crippen molar-refractivity contribution in [2.45, 2.75) is 65.4 Å². The zero-order valence-corrected chi connectivity index (χ0v) is 13.6. The lowest BCUT2D eigenvalue weighted by Crippen LogP contribution is -2.47. The van der Waals surface area contributed by atoms with Crippen molar-refractivity contribution in [1.82, 2.24) is 5.32 Å². The van der Waals surface area contributed by atoms with E-state index < -0.39 is 0 Å². The smallest absolute Gasteiger partial charge is 0.246 e. The first kappa shape index (κ1) is 17.4. The Balaban J connectivity index is 2.44. The normalized spacial score (nSPS) is 27.4. The summed E-state index contributed by atoms with van der Waals surface area (Å²) in [6.07, 6.45) is 5.15. The van der Waals surface area contributed by atoms with Gasteiger partial charge in [-0.1, -0.05) is 27.7 Å². The lowest BCUT2D eigenvalue weighted by Gasteiger charge is -2.43. The molecule has 0 atom stereocenters. The number of hydrogen-bond acceptors (Lipinski definition) is 3. The summed E-state index contributed by atoms with van der Waals surface area (Å²) in [7, 11) is 0. The summed E-state index contributed by atoms with van der Waals surface area (Å²) in [4.78, 5) is 11.6. The zero-order valence-electron chi connectivity index (χ0n) is 13.6. The minimum atomic E-state index is -0.286. The monoisotopic (exact) mass is 284 g/mol. The molecule has 4 nitrogen and oxygen atoms in total. The summed E-state index contributed by atoms with van der Waals surface area (Å²) in [6.45, 7) is 10.3. The quantitative estimate of drug-likeness (QED) is 0.787. The minimum absolute atomic E-state index is 0.0300. The van der Waals surface area contributed by atoms with E-state index in [1.165, 1.54) is 0 Å². The number of rotatable bonds is 6. The second-order valence-corrected chi connectivity index (χ2v) is 7.17. The van der Waals surface area contributed by atoms with E-state index in [9.17, 15) is 4.79 Å². The van der Waals surface area contributed by atoms with Crippen LogP contribution in [0.25, 0.3) is 0 Å². The molecule has 0 saturated heterocycles. The lowest BCUT2D eigenvalue weighted by molar-refractivity contribution is -0.137. The van der Waals surface area contributed by atoms with E-state index >= 15 is 0 Å². The molecule has 1 aliphatic rings.